The average molecular weight is 267 g/mol. The van der Waals surface area contributed by atoms with Crippen LogP contribution in [0.4, 0.5) is 4.79 Å². The predicted octanol–water partition coefficient (Wildman–Crippen LogP) is 0.949. The Balaban J connectivity index is 1.52. The smallest absolute Gasteiger partial charge is 0.317 e. The van der Waals surface area contributed by atoms with Crippen molar-refractivity contribution in [3.8, 4) is 0 Å². The van der Waals surface area contributed by atoms with Gasteiger partial charge in [0.25, 0.3) is 0 Å². The topological polar surface area (TPSA) is 53.6 Å². The lowest BCUT2D eigenvalue weighted by molar-refractivity contribution is 0.166. The van der Waals surface area contributed by atoms with Crippen LogP contribution in [0, 0.1) is 5.92 Å². The van der Waals surface area contributed by atoms with Crippen LogP contribution in [0.5, 0.6) is 0 Å². The molecular formula is C14H25N3O2. The van der Waals surface area contributed by atoms with E-state index in [4.69, 9.17) is 4.74 Å². The molecule has 3 aliphatic rings. The summed E-state index contributed by atoms with van der Waals surface area (Å²) < 4.78 is 5.32. The molecule has 3 fully saturated rings. The monoisotopic (exact) mass is 267 g/mol. The van der Waals surface area contributed by atoms with E-state index in [0.29, 0.717) is 18.6 Å². The predicted molar refractivity (Wildman–Crippen MR) is 73.1 cm³/mol. The minimum absolute atomic E-state index is 0.128. The molecule has 0 aromatic rings. The first-order valence-electron chi connectivity index (χ1n) is 7.68. The Kier molecular flexibility index (Phi) is 4.23. The molecule has 5 heteroatoms. The van der Waals surface area contributed by atoms with Crippen molar-refractivity contribution in [2.24, 2.45) is 5.92 Å². The summed E-state index contributed by atoms with van der Waals surface area (Å²) in [4.78, 5) is 14.5. The second kappa shape index (κ2) is 6.09. The van der Waals surface area contributed by atoms with Crippen molar-refractivity contribution in [2.45, 2.75) is 44.2 Å². The van der Waals surface area contributed by atoms with Gasteiger partial charge in [0.05, 0.1) is 12.6 Å². The molecule has 3 rings (SSSR count). The van der Waals surface area contributed by atoms with E-state index in [1.165, 1.54) is 25.7 Å². The lowest BCUT2D eigenvalue weighted by Gasteiger charge is -2.31. The Hall–Kier alpha value is -0.810. The van der Waals surface area contributed by atoms with Gasteiger partial charge < -0.3 is 20.3 Å². The molecule has 0 aromatic carbocycles. The number of rotatable bonds is 4. The number of nitrogens with one attached hydrogen (secondary N) is 2. The van der Waals surface area contributed by atoms with Gasteiger partial charge in [-0.1, -0.05) is 0 Å². The molecule has 2 unspecified atom stereocenters. The number of carbonyl (C=O) groups is 1. The Morgan fingerprint density at radius 2 is 2.21 bits per heavy atom. The number of nitrogens with zero attached hydrogens (tertiary/aromatic N) is 1. The molecule has 0 radical (unpaired) electrons. The van der Waals surface area contributed by atoms with Crippen LogP contribution in [0.3, 0.4) is 0 Å². The first kappa shape index (κ1) is 13.2. The fourth-order valence-electron chi connectivity index (χ4n) is 3.05. The summed E-state index contributed by atoms with van der Waals surface area (Å²) in [5, 5.41) is 6.56. The van der Waals surface area contributed by atoms with Crippen molar-refractivity contribution in [3.05, 3.63) is 0 Å². The first-order valence-corrected chi connectivity index (χ1v) is 7.68. The molecule has 2 amide bonds. The molecule has 0 spiro atoms. The molecule has 0 aromatic heterocycles. The van der Waals surface area contributed by atoms with Crippen LogP contribution in [0.1, 0.15) is 32.1 Å². The number of ether oxygens (including phenoxy) is 1. The number of hydrogen-bond donors (Lipinski definition) is 2. The SMILES string of the molecule is O=C(NC1CCOC1)N(CC1CCCNC1)C1CC1. The third kappa shape index (κ3) is 3.60. The molecule has 1 saturated carbocycles. The lowest BCUT2D eigenvalue weighted by atomic mass is 9.99. The van der Waals surface area contributed by atoms with Gasteiger partial charge in [-0.05, 0) is 51.1 Å². The van der Waals surface area contributed by atoms with Gasteiger partial charge in [-0.2, -0.15) is 0 Å². The molecular weight excluding hydrogens is 242 g/mol. The van der Waals surface area contributed by atoms with E-state index < -0.39 is 0 Å². The van der Waals surface area contributed by atoms with Gasteiger partial charge in [0.1, 0.15) is 0 Å². The van der Waals surface area contributed by atoms with E-state index in [9.17, 15) is 4.79 Å². The van der Waals surface area contributed by atoms with Gasteiger partial charge in [0, 0.05) is 19.2 Å². The maximum Gasteiger partial charge on any atom is 0.317 e. The highest BCUT2D eigenvalue weighted by Crippen LogP contribution is 2.28. The highest BCUT2D eigenvalue weighted by molar-refractivity contribution is 5.75. The first-order chi connectivity index (χ1) is 9.33. The minimum Gasteiger partial charge on any atom is -0.379 e. The highest BCUT2D eigenvalue weighted by atomic mass is 16.5. The van der Waals surface area contributed by atoms with E-state index in [2.05, 4.69) is 15.5 Å². The van der Waals surface area contributed by atoms with E-state index in [1.807, 2.05) is 0 Å². The number of amides is 2. The molecule has 2 heterocycles. The van der Waals surface area contributed by atoms with E-state index in [1.54, 1.807) is 0 Å². The van der Waals surface area contributed by atoms with Gasteiger partial charge in [-0.25, -0.2) is 4.79 Å². The Morgan fingerprint density at radius 1 is 1.32 bits per heavy atom. The fraction of sp³-hybridized carbons (Fsp3) is 0.929. The maximum absolute atomic E-state index is 12.4. The van der Waals surface area contributed by atoms with Gasteiger partial charge in [0.2, 0.25) is 0 Å². The van der Waals surface area contributed by atoms with E-state index in [-0.39, 0.29) is 12.1 Å². The van der Waals surface area contributed by atoms with Crippen LogP contribution in [0.25, 0.3) is 0 Å². The van der Waals surface area contributed by atoms with E-state index in [0.717, 1.165) is 32.7 Å². The quantitative estimate of drug-likeness (QED) is 0.797. The molecule has 2 atom stereocenters. The summed E-state index contributed by atoms with van der Waals surface area (Å²) in [6.07, 6.45) is 5.79. The zero-order valence-corrected chi connectivity index (χ0v) is 11.6. The van der Waals surface area contributed by atoms with Crippen LogP contribution in [0.2, 0.25) is 0 Å². The van der Waals surface area contributed by atoms with Crippen LogP contribution < -0.4 is 10.6 Å². The highest BCUT2D eigenvalue weighted by Gasteiger charge is 2.35. The van der Waals surface area contributed by atoms with Crippen molar-refractivity contribution in [2.75, 3.05) is 32.8 Å². The van der Waals surface area contributed by atoms with Crippen LogP contribution in [-0.2, 0) is 4.74 Å². The van der Waals surface area contributed by atoms with Crippen LogP contribution in [-0.4, -0.2) is 55.9 Å². The number of hydrogen-bond acceptors (Lipinski definition) is 3. The molecule has 1 aliphatic carbocycles. The van der Waals surface area contributed by atoms with Gasteiger partial charge in [0.15, 0.2) is 0 Å². The van der Waals surface area contributed by atoms with Gasteiger partial charge >= 0.3 is 6.03 Å². The maximum atomic E-state index is 12.4. The molecule has 2 N–H and O–H groups in total. The summed E-state index contributed by atoms with van der Waals surface area (Å²) in [5.41, 5.74) is 0. The lowest BCUT2D eigenvalue weighted by Crippen LogP contribution is -2.49. The Labute approximate surface area is 115 Å². The second-order valence-electron chi connectivity index (χ2n) is 6.11. The van der Waals surface area contributed by atoms with Crippen molar-refractivity contribution in [1.29, 1.82) is 0 Å². The largest absolute Gasteiger partial charge is 0.379 e. The molecule has 2 aliphatic heterocycles. The van der Waals surface area contributed by atoms with Crippen molar-refractivity contribution in [3.63, 3.8) is 0 Å². The number of carbonyl (C=O) groups excluding carboxylic acids is 1. The molecule has 108 valence electrons. The number of piperidine rings is 1. The average Bonchev–Trinajstić information content (AvgIpc) is 3.15. The summed E-state index contributed by atoms with van der Waals surface area (Å²) in [5.74, 6) is 0.625. The zero-order chi connectivity index (χ0) is 13.1. The van der Waals surface area contributed by atoms with Crippen molar-refractivity contribution >= 4 is 6.03 Å². The van der Waals surface area contributed by atoms with Crippen LogP contribution in [0.15, 0.2) is 0 Å². The van der Waals surface area contributed by atoms with E-state index >= 15 is 0 Å². The Bertz CT molecular complexity index is 308. The summed E-state index contributed by atoms with van der Waals surface area (Å²) >= 11 is 0. The fourth-order valence-corrected chi connectivity index (χ4v) is 3.05. The summed E-state index contributed by atoms with van der Waals surface area (Å²) in [7, 11) is 0. The second-order valence-corrected chi connectivity index (χ2v) is 6.11. The zero-order valence-electron chi connectivity index (χ0n) is 11.6. The standard InChI is InChI=1S/C14H25N3O2/c18-14(16-12-5-7-19-10-12)17(13-3-4-13)9-11-2-1-6-15-8-11/h11-13,15H,1-10H2,(H,16,18). The normalized spacial score (nSPS) is 31.2. The molecule has 0 bridgehead atoms. The number of urea groups is 1. The molecule has 5 nitrogen and oxygen atoms in total. The van der Waals surface area contributed by atoms with Crippen molar-refractivity contribution in [1.82, 2.24) is 15.5 Å². The minimum atomic E-state index is 0.128. The summed E-state index contributed by atoms with van der Waals surface area (Å²) in [6.45, 7) is 4.56. The Morgan fingerprint density at radius 3 is 2.84 bits per heavy atom. The summed E-state index contributed by atoms with van der Waals surface area (Å²) in [6, 6.07) is 0.839. The van der Waals surface area contributed by atoms with Crippen LogP contribution >= 0.6 is 0 Å². The molecule has 19 heavy (non-hydrogen) atoms. The van der Waals surface area contributed by atoms with Gasteiger partial charge in [-0.3, -0.25) is 0 Å². The molecule has 2 saturated heterocycles. The third-order valence-electron chi connectivity index (χ3n) is 4.36. The van der Waals surface area contributed by atoms with Crippen molar-refractivity contribution < 1.29 is 9.53 Å². The van der Waals surface area contributed by atoms with Gasteiger partial charge in [-0.15, -0.1) is 0 Å². The third-order valence-corrected chi connectivity index (χ3v) is 4.36.